The van der Waals surface area contributed by atoms with Gasteiger partial charge in [0, 0.05) is 42.2 Å². The molecule has 5 heteroatoms. The number of rotatable bonds is 2. The van der Waals surface area contributed by atoms with Gasteiger partial charge in [0.15, 0.2) is 0 Å². The number of piperidine rings is 2. The summed E-state index contributed by atoms with van der Waals surface area (Å²) in [6, 6.07) is 9.68. The number of fused-ring (bicyclic) bond motifs is 5. The maximum absolute atomic E-state index is 13.3. The molecular formula is C21H27N3O2. The monoisotopic (exact) mass is 353 g/mol. The van der Waals surface area contributed by atoms with E-state index in [1.165, 1.54) is 19.3 Å². The van der Waals surface area contributed by atoms with Crippen molar-refractivity contribution in [1.29, 1.82) is 0 Å². The van der Waals surface area contributed by atoms with Crippen LogP contribution in [0.4, 0.5) is 0 Å². The molecule has 3 aliphatic rings. The lowest BCUT2D eigenvalue weighted by Gasteiger charge is -2.40. The van der Waals surface area contributed by atoms with Crippen LogP contribution in [0.3, 0.4) is 0 Å². The summed E-state index contributed by atoms with van der Waals surface area (Å²) < 4.78 is 8.07. The van der Waals surface area contributed by atoms with Crippen molar-refractivity contribution in [2.24, 2.45) is 0 Å². The lowest BCUT2D eigenvalue weighted by molar-refractivity contribution is 0.0898. The highest BCUT2D eigenvalue weighted by Crippen LogP contribution is 2.30. The van der Waals surface area contributed by atoms with Crippen LogP contribution in [0.25, 0.3) is 10.9 Å². The molecule has 1 amide bonds. The maximum Gasteiger partial charge on any atom is 0.254 e. The SMILES string of the molecule is O=C(NC1CC2CCCC(C1)N2)c1c2n(c3ccccc13)CCCOC2. The minimum absolute atomic E-state index is 0.0745. The Bertz CT molecular complexity index is 816. The molecule has 3 aliphatic heterocycles. The summed E-state index contributed by atoms with van der Waals surface area (Å²) in [5.74, 6) is 0.0745. The number of nitrogens with zero attached hydrogens (tertiary/aromatic N) is 1. The van der Waals surface area contributed by atoms with E-state index < -0.39 is 0 Å². The van der Waals surface area contributed by atoms with E-state index in [4.69, 9.17) is 4.74 Å². The second kappa shape index (κ2) is 6.71. The van der Waals surface area contributed by atoms with Gasteiger partial charge in [-0.15, -0.1) is 0 Å². The zero-order valence-electron chi connectivity index (χ0n) is 15.2. The molecule has 2 saturated heterocycles. The molecule has 2 bridgehead atoms. The van der Waals surface area contributed by atoms with E-state index in [0.29, 0.717) is 18.7 Å². The minimum Gasteiger partial charge on any atom is -0.375 e. The van der Waals surface area contributed by atoms with Crippen molar-refractivity contribution in [3.8, 4) is 0 Å². The van der Waals surface area contributed by atoms with Crippen LogP contribution in [0.1, 0.15) is 54.6 Å². The third-order valence-electron chi connectivity index (χ3n) is 6.26. The second-order valence-corrected chi connectivity index (χ2v) is 8.03. The van der Waals surface area contributed by atoms with E-state index in [1.807, 2.05) is 6.07 Å². The van der Waals surface area contributed by atoms with Crippen molar-refractivity contribution in [3.63, 3.8) is 0 Å². The third kappa shape index (κ3) is 2.83. The number of hydrogen-bond donors (Lipinski definition) is 2. The summed E-state index contributed by atoms with van der Waals surface area (Å²) in [6.07, 6.45) is 6.88. The fraction of sp³-hybridized carbons (Fsp3) is 0.571. The Hall–Kier alpha value is -1.85. The molecule has 1 aromatic carbocycles. The molecule has 0 radical (unpaired) electrons. The number of para-hydroxylation sites is 1. The Morgan fingerprint density at radius 1 is 1.15 bits per heavy atom. The van der Waals surface area contributed by atoms with E-state index in [2.05, 4.69) is 33.4 Å². The molecule has 4 heterocycles. The fourth-order valence-corrected chi connectivity index (χ4v) is 5.15. The molecule has 26 heavy (non-hydrogen) atoms. The van der Waals surface area contributed by atoms with Gasteiger partial charge in [0.1, 0.15) is 0 Å². The number of carbonyl (C=O) groups excluding carboxylic acids is 1. The molecule has 2 aromatic rings. The van der Waals surface area contributed by atoms with Crippen molar-refractivity contribution in [3.05, 3.63) is 35.5 Å². The molecule has 1 aromatic heterocycles. The van der Waals surface area contributed by atoms with Crippen LogP contribution in [0.15, 0.2) is 24.3 Å². The Kier molecular flexibility index (Phi) is 4.21. The largest absolute Gasteiger partial charge is 0.375 e. The molecule has 0 aliphatic carbocycles. The maximum atomic E-state index is 13.3. The Balaban J connectivity index is 1.46. The van der Waals surface area contributed by atoms with E-state index in [1.54, 1.807) is 0 Å². The van der Waals surface area contributed by atoms with Crippen molar-refractivity contribution >= 4 is 16.8 Å². The van der Waals surface area contributed by atoms with Gasteiger partial charge >= 0.3 is 0 Å². The molecule has 0 spiro atoms. The smallest absolute Gasteiger partial charge is 0.254 e. The number of aromatic nitrogens is 1. The fourth-order valence-electron chi connectivity index (χ4n) is 5.15. The van der Waals surface area contributed by atoms with Crippen LogP contribution < -0.4 is 10.6 Å². The minimum atomic E-state index is 0.0745. The van der Waals surface area contributed by atoms with Gasteiger partial charge < -0.3 is 19.9 Å². The van der Waals surface area contributed by atoms with Crippen molar-refractivity contribution < 1.29 is 9.53 Å². The summed E-state index contributed by atoms with van der Waals surface area (Å²) in [7, 11) is 0. The third-order valence-corrected chi connectivity index (χ3v) is 6.26. The first-order valence-electron chi connectivity index (χ1n) is 10.0. The summed E-state index contributed by atoms with van der Waals surface area (Å²) in [5, 5.41) is 8.12. The highest BCUT2D eigenvalue weighted by molar-refractivity contribution is 6.08. The van der Waals surface area contributed by atoms with Gasteiger partial charge in [-0.1, -0.05) is 24.6 Å². The van der Waals surface area contributed by atoms with Gasteiger partial charge in [0.2, 0.25) is 0 Å². The van der Waals surface area contributed by atoms with E-state index in [0.717, 1.165) is 54.6 Å². The topological polar surface area (TPSA) is 55.3 Å². The van der Waals surface area contributed by atoms with E-state index >= 15 is 0 Å². The predicted molar refractivity (Wildman–Crippen MR) is 101 cm³/mol. The van der Waals surface area contributed by atoms with Crippen LogP contribution in [0.5, 0.6) is 0 Å². The number of ether oxygens (including phenoxy) is 1. The molecule has 2 atom stereocenters. The normalized spacial score (nSPS) is 28.4. The van der Waals surface area contributed by atoms with Gasteiger partial charge in [-0.25, -0.2) is 0 Å². The molecule has 2 fully saturated rings. The zero-order valence-corrected chi connectivity index (χ0v) is 15.2. The second-order valence-electron chi connectivity index (χ2n) is 8.03. The Morgan fingerprint density at radius 3 is 2.81 bits per heavy atom. The molecule has 2 N–H and O–H groups in total. The Labute approximate surface area is 154 Å². The van der Waals surface area contributed by atoms with E-state index in [-0.39, 0.29) is 11.9 Å². The highest BCUT2D eigenvalue weighted by Gasteiger charge is 2.33. The van der Waals surface area contributed by atoms with Gasteiger partial charge in [0.25, 0.3) is 5.91 Å². The van der Waals surface area contributed by atoms with Gasteiger partial charge in [-0.05, 0) is 38.2 Å². The first kappa shape index (κ1) is 16.3. The first-order valence-corrected chi connectivity index (χ1v) is 10.0. The van der Waals surface area contributed by atoms with Crippen LogP contribution in [0.2, 0.25) is 0 Å². The number of benzene rings is 1. The van der Waals surface area contributed by atoms with E-state index in [9.17, 15) is 4.79 Å². The Morgan fingerprint density at radius 2 is 1.96 bits per heavy atom. The van der Waals surface area contributed by atoms with Crippen molar-refractivity contribution in [1.82, 2.24) is 15.2 Å². The summed E-state index contributed by atoms with van der Waals surface area (Å²) in [4.78, 5) is 13.3. The number of amides is 1. The summed E-state index contributed by atoms with van der Waals surface area (Å²) in [5.41, 5.74) is 3.02. The van der Waals surface area contributed by atoms with Crippen LogP contribution >= 0.6 is 0 Å². The predicted octanol–water partition coefficient (Wildman–Crippen LogP) is 2.96. The van der Waals surface area contributed by atoms with Crippen molar-refractivity contribution in [2.45, 2.75) is 69.8 Å². The van der Waals surface area contributed by atoms with Gasteiger partial charge in [-0.2, -0.15) is 0 Å². The lowest BCUT2D eigenvalue weighted by Crippen LogP contribution is -2.54. The molecule has 5 rings (SSSR count). The molecular weight excluding hydrogens is 326 g/mol. The quantitative estimate of drug-likeness (QED) is 0.873. The number of nitrogens with one attached hydrogen (secondary N) is 2. The average molecular weight is 353 g/mol. The van der Waals surface area contributed by atoms with Gasteiger partial charge in [-0.3, -0.25) is 4.79 Å². The number of aryl methyl sites for hydroxylation is 1. The van der Waals surface area contributed by atoms with Crippen LogP contribution in [-0.2, 0) is 17.9 Å². The number of carbonyl (C=O) groups is 1. The number of hydrogen-bond acceptors (Lipinski definition) is 3. The van der Waals surface area contributed by atoms with Crippen LogP contribution in [-0.4, -0.2) is 35.2 Å². The average Bonchev–Trinajstić information content (AvgIpc) is 2.77. The molecule has 5 nitrogen and oxygen atoms in total. The standard InChI is InChI=1S/C21H27N3O2/c25-21(23-16-11-14-5-3-6-15(12-16)22-14)20-17-7-1-2-8-18(17)24-9-4-10-26-13-19(20)24/h1-2,7-8,14-16,22H,3-6,9-13H2,(H,23,25). The van der Waals surface area contributed by atoms with Crippen LogP contribution in [0, 0.1) is 0 Å². The molecule has 138 valence electrons. The summed E-state index contributed by atoms with van der Waals surface area (Å²) >= 11 is 0. The molecule has 0 saturated carbocycles. The summed E-state index contributed by atoms with van der Waals surface area (Å²) in [6.45, 7) is 2.20. The first-order chi connectivity index (χ1) is 12.8. The zero-order chi connectivity index (χ0) is 17.5. The lowest BCUT2D eigenvalue weighted by atomic mass is 9.84. The highest BCUT2D eigenvalue weighted by atomic mass is 16.5. The van der Waals surface area contributed by atoms with Gasteiger partial charge in [0.05, 0.1) is 17.9 Å². The molecule has 2 unspecified atom stereocenters. The van der Waals surface area contributed by atoms with Crippen molar-refractivity contribution in [2.75, 3.05) is 6.61 Å².